The summed E-state index contributed by atoms with van der Waals surface area (Å²) in [6.07, 6.45) is 1.23. The van der Waals surface area contributed by atoms with Gasteiger partial charge in [-0.25, -0.2) is 12.8 Å². The second-order valence-corrected chi connectivity index (χ2v) is 8.98. The van der Waals surface area contributed by atoms with Crippen LogP contribution in [0.3, 0.4) is 0 Å². The van der Waals surface area contributed by atoms with Gasteiger partial charge in [0.25, 0.3) is 0 Å². The Hall–Kier alpha value is -2.29. The molecule has 1 aromatic heterocycles. The van der Waals surface area contributed by atoms with Crippen LogP contribution in [0.5, 0.6) is 0 Å². The lowest BCUT2D eigenvalue weighted by atomic mass is 10.2. The average Bonchev–Trinajstić information content (AvgIpc) is 3.33. The summed E-state index contributed by atoms with van der Waals surface area (Å²) in [5, 5.41) is 4.51. The van der Waals surface area contributed by atoms with Gasteiger partial charge in [-0.3, -0.25) is 0 Å². The molecule has 0 radical (unpaired) electrons. The lowest BCUT2D eigenvalue weighted by Gasteiger charge is -2.21. The minimum atomic E-state index is -3.82. The van der Waals surface area contributed by atoms with Gasteiger partial charge in [-0.15, -0.1) is 0 Å². The maximum absolute atomic E-state index is 13.5. The number of rotatable bonds is 4. The predicted molar refractivity (Wildman–Crippen MR) is 102 cm³/mol. The van der Waals surface area contributed by atoms with Gasteiger partial charge in [0.1, 0.15) is 11.9 Å². The highest BCUT2D eigenvalue weighted by molar-refractivity contribution is 7.89. The van der Waals surface area contributed by atoms with Crippen LogP contribution in [0.15, 0.2) is 51.9 Å². The highest BCUT2D eigenvalue weighted by Gasteiger charge is 2.39. The molecule has 0 unspecified atom stereocenters. The molecule has 4 rings (SSSR count). The average molecular weight is 422 g/mol. The molecule has 6 nitrogen and oxygen atoms in total. The Bertz CT molecular complexity index is 1130. The number of hydrogen-bond donors (Lipinski definition) is 0. The van der Waals surface area contributed by atoms with E-state index in [0.717, 1.165) is 6.07 Å². The largest absolute Gasteiger partial charge is 0.337 e. The summed E-state index contributed by atoms with van der Waals surface area (Å²) >= 11 is 6.00. The van der Waals surface area contributed by atoms with Gasteiger partial charge in [0.15, 0.2) is 0 Å². The number of aryl methyl sites for hydroxylation is 1. The maximum atomic E-state index is 13.5. The summed E-state index contributed by atoms with van der Waals surface area (Å²) in [7, 11) is -3.82. The third-order valence-electron chi connectivity index (χ3n) is 4.75. The van der Waals surface area contributed by atoms with E-state index in [-0.39, 0.29) is 16.3 Å². The molecule has 0 aliphatic carbocycles. The van der Waals surface area contributed by atoms with Crippen molar-refractivity contribution >= 4 is 21.6 Å². The van der Waals surface area contributed by atoms with E-state index in [4.69, 9.17) is 16.1 Å². The van der Waals surface area contributed by atoms with Crippen molar-refractivity contribution in [3.63, 3.8) is 0 Å². The first-order chi connectivity index (χ1) is 13.4. The van der Waals surface area contributed by atoms with Gasteiger partial charge in [-0.1, -0.05) is 28.9 Å². The first-order valence-electron chi connectivity index (χ1n) is 8.74. The van der Waals surface area contributed by atoms with Crippen LogP contribution in [0.2, 0.25) is 5.02 Å². The van der Waals surface area contributed by atoms with Crippen molar-refractivity contribution in [1.82, 2.24) is 14.4 Å². The molecule has 1 aliphatic rings. The number of halogens is 2. The lowest BCUT2D eigenvalue weighted by molar-refractivity contribution is 0.290. The Morgan fingerprint density at radius 3 is 2.82 bits per heavy atom. The Balaban J connectivity index is 1.66. The zero-order valence-corrected chi connectivity index (χ0v) is 16.5. The molecule has 1 atom stereocenters. The van der Waals surface area contributed by atoms with E-state index < -0.39 is 21.9 Å². The molecule has 2 aromatic carbocycles. The fraction of sp³-hybridized carbons (Fsp3) is 0.263. The van der Waals surface area contributed by atoms with Crippen LogP contribution in [0, 0.1) is 12.7 Å². The Morgan fingerprint density at radius 2 is 2.07 bits per heavy atom. The Labute approximate surface area is 167 Å². The summed E-state index contributed by atoms with van der Waals surface area (Å²) in [6, 6.07) is 10.2. The molecule has 3 aromatic rings. The summed E-state index contributed by atoms with van der Waals surface area (Å²) in [5.41, 5.74) is 0.960. The second kappa shape index (κ2) is 7.27. The number of hydrogen-bond acceptors (Lipinski definition) is 5. The second-order valence-electron chi connectivity index (χ2n) is 6.65. The third kappa shape index (κ3) is 3.43. The van der Waals surface area contributed by atoms with Crippen molar-refractivity contribution in [3.8, 4) is 11.4 Å². The number of benzene rings is 2. The van der Waals surface area contributed by atoms with Gasteiger partial charge in [-0.05, 0) is 55.7 Å². The number of aromatic nitrogens is 2. The summed E-state index contributed by atoms with van der Waals surface area (Å²) in [4.78, 5) is 4.44. The van der Waals surface area contributed by atoms with Crippen LogP contribution in [0.4, 0.5) is 4.39 Å². The van der Waals surface area contributed by atoms with Crippen LogP contribution < -0.4 is 0 Å². The molecule has 1 fully saturated rings. The summed E-state index contributed by atoms with van der Waals surface area (Å²) in [6.45, 7) is 1.86. The van der Waals surface area contributed by atoms with Gasteiger partial charge in [-0.2, -0.15) is 9.29 Å². The molecular weight excluding hydrogens is 405 g/mol. The Kier molecular flexibility index (Phi) is 4.95. The van der Waals surface area contributed by atoms with E-state index in [1.54, 1.807) is 24.3 Å². The SMILES string of the molecule is Cc1cc(S(=O)(=O)N2CCC[C@@H]2c2nc(-c3cccc(Cl)c3)no2)ccc1F. The third-order valence-corrected chi connectivity index (χ3v) is 6.89. The lowest BCUT2D eigenvalue weighted by Crippen LogP contribution is -2.31. The molecule has 9 heteroatoms. The van der Waals surface area contributed by atoms with Crippen molar-refractivity contribution in [2.24, 2.45) is 0 Å². The van der Waals surface area contributed by atoms with E-state index in [2.05, 4.69) is 10.1 Å². The standard InChI is InChI=1S/C19H17ClFN3O3S/c1-12-10-15(7-8-16(12)21)28(25,26)24-9-3-6-17(24)19-22-18(23-27-19)13-4-2-5-14(20)11-13/h2,4-5,7-8,10-11,17H,3,6,9H2,1H3/t17-/m1/s1. The van der Waals surface area contributed by atoms with Crippen LogP contribution >= 0.6 is 11.6 Å². The molecule has 0 saturated carbocycles. The van der Waals surface area contributed by atoms with Crippen LogP contribution in [-0.2, 0) is 10.0 Å². The summed E-state index contributed by atoms with van der Waals surface area (Å²) in [5.74, 6) is 0.134. The molecule has 1 saturated heterocycles. The molecule has 0 spiro atoms. The fourth-order valence-corrected chi connectivity index (χ4v) is 5.23. The van der Waals surface area contributed by atoms with Crippen molar-refractivity contribution < 1.29 is 17.3 Å². The fourth-order valence-electron chi connectivity index (χ4n) is 3.30. The van der Waals surface area contributed by atoms with Gasteiger partial charge in [0, 0.05) is 17.1 Å². The molecular formula is C19H17ClFN3O3S. The van der Waals surface area contributed by atoms with Crippen LogP contribution in [-0.4, -0.2) is 29.4 Å². The quantitative estimate of drug-likeness (QED) is 0.625. The Morgan fingerprint density at radius 1 is 1.25 bits per heavy atom. The first-order valence-corrected chi connectivity index (χ1v) is 10.6. The molecule has 0 amide bonds. The smallest absolute Gasteiger partial charge is 0.245 e. The van der Waals surface area contributed by atoms with Gasteiger partial charge in [0.2, 0.25) is 21.7 Å². The zero-order chi connectivity index (χ0) is 19.9. The van der Waals surface area contributed by atoms with E-state index >= 15 is 0 Å². The minimum Gasteiger partial charge on any atom is -0.337 e. The van der Waals surface area contributed by atoms with E-state index in [1.807, 2.05) is 0 Å². The highest BCUT2D eigenvalue weighted by atomic mass is 35.5. The molecule has 0 bridgehead atoms. The molecule has 146 valence electrons. The zero-order valence-electron chi connectivity index (χ0n) is 15.0. The first kappa shape index (κ1) is 19.0. The van der Waals surface area contributed by atoms with Gasteiger partial charge in [0.05, 0.1) is 4.90 Å². The van der Waals surface area contributed by atoms with E-state index in [1.165, 1.54) is 23.4 Å². The number of nitrogens with zero attached hydrogens (tertiary/aromatic N) is 3. The highest BCUT2D eigenvalue weighted by Crippen LogP contribution is 2.36. The van der Waals surface area contributed by atoms with Crippen molar-refractivity contribution in [3.05, 3.63) is 64.8 Å². The molecule has 0 N–H and O–H groups in total. The van der Waals surface area contributed by atoms with Crippen molar-refractivity contribution in [2.75, 3.05) is 6.54 Å². The molecule has 2 heterocycles. The molecule has 28 heavy (non-hydrogen) atoms. The monoisotopic (exact) mass is 421 g/mol. The van der Waals surface area contributed by atoms with Crippen molar-refractivity contribution in [1.29, 1.82) is 0 Å². The summed E-state index contributed by atoms with van der Waals surface area (Å²) < 4.78 is 46.5. The van der Waals surface area contributed by atoms with Crippen molar-refractivity contribution in [2.45, 2.75) is 30.7 Å². The van der Waals surface area contributed by atoms with Crippen LogP contribution in [0.25, 0.3) is 11.4 Å². The van der Waals surface area contributed by atoms with Gasteiger partial charge < -0.3 is 4.52 Å². The maximum Gasteiger partial charge on any atom is 0.245 e. The van der Waals surface area contributed by atoms with Crippen LogP contribution in [0.1, 0.15) is 30.3 Å². The topological polar surface area (TPSA) is 76.3 Å². The van der Waals surface area contributed by atoms with E-state index in [9.17, 15) is 12.8 Å². The predicted octanol–water partition coefficient (Wildman–Crippen LogP) is 4.36. The minimum absolute atomic E-state index is 0.0490. The van der Waals surface area contributed by atoms with Gasteiger partial charge >= 0.3 is 0 Å². The molecule has 1 aliphatic heterocycles. The normalized spacial score (nSPS) is 17.9. The number of sulfonamides is 1. The van der Waals surface area contributed by atoms with E-state index in [0.29, 0.717) is 35.8 Å².